The number of hydrogen-bond acceptors (Lipinski definition) is 3. The van der Waals surface area contributed by atoms with Crippen LogP contribution in [0.25, 0.3) is 0 Å². The van der Waals surface area contributed by atoms with Crippen LogP contribution in [0.2, 0.25) is 0 Å². The van der Waals surface area contributed by atoms with Gasteiger partial charge >= 0.3 is 18.2 Å². The first-order valence-corrected chi connectivity index (χ1v) is 7.86. The molecule has 0 fully saturated rings. The molecule has 1 heterocycles. The van der Waals surface area contributed by atoms with Crippen molar-refractivity contribution in [3.05, 3.63) is 35.4 Å². The zero-order valence-electron chi connectivity index (χ0n) is 14.1. The number of nitrogens with one attached hydrogen (secondary N) is 1. The minimum Gasteiger partial charge on any atom is -0.462 e. The van der Waals surface area contributed by atoms with Crippen LogP contribution in [-0.2, 0) is 15.7 Å². The molecule has 1 aliphatic heterocycles. The number of ether oxygens (including phenoxy) is 1. The van der Waals surface area contributed by atoms with Crippen LogP contribution in [-0.4, -0.2) is 23.8 Å². The predicted octanol–water partition coefficient (Wildman–Crippen LogP) is 3.89. The first-order chi connectivity index (χ1) is 11.6. The molecule has 1 aromatic rings. The fourth-order valence-electron chi connectivity index (χ4n) is 2.54. The van der Waals surface area contributed by atoms with E-state index in [9.17, 15) is 22.8 Å². The largest absolute Gasteiger partial charge is 0.462 e. The molecule has 25 heavy (non-hydrogen) atoms. The number of carbonyl (C=O) groups is 2. The molecule has 2 rings (SSSR count). The Labute approximate surface area is 143 Å². The molecular weight excluding hydrogens is 337 g/mol. The number of rotatable bonds is 4. The fourth-order valence-corrected chi connectivity index (χ4v) is 2.54. The minimum absolute atomic E-state index is 0.266. The van der Waals surface area contributed by atoms with Gasteiger partial charge in [0.05, 0.1) is 17.7 Å². The van der Waals surface area contributed by atoms with E-state index in [4.69, 9.17) is 4.74 Å². The van der Waals surface area contributed by atoms with Crippen molar-refractivity contribution in [3.8, 4) is 0 Å². The lowest BCUT2D eigenvalue weighted by Crippen LogP contribution is -2.44. The second-order valence-corrected chi connectivity index (χ2v) is 5.93. The minimum atomic E-state index is -4.46. The zero-order chi connectivity index (χ0) is 18.8. The van der Waals surface area contributed by atoms with E-state index in [-0.39, 0.29) is 11.8 Å². The maximum absolute atomic E-state index is 12.7. The van der Waals surface area contributed by atoms with Crippen LogP contribution in [0, 0.1) is 5.92 Å². The zero-order valence-corrected chi connectivity index (χ0v) is 14.1. The quantitative estimate of drug-likeness (QED) is 0.832. The number of aliphatic imine (C=N–C) groups is 1. The highest BCUT2D eigenvalue weighted by Gasteiger charge is 2.39. The number of esters is 1. The molecule has 0 radical (unpaired) electrons. The average Bonchev–Trinajstić information content (AvgIpc) is 2.53. The molecule has 136 valence electrons. The monoisotopic (exact) mass is 356 g/mol. The lowest BCUT2D eigenvalue weighted by Gasteiger charge is -2.30. The van der Waals surface area contributed by atoms with Crippen molar-refractivity contribution in [3.63, 3.8) is 0 Å². The lowest BCUT2D eigenvalue weighted by molar-refractivity contribution is -0.151. The van der Waals surface area contributed by atoms with Crippen LogP contribution in [0.4, 0.5) is 18.0 Å². The van der Waals surface area contributed by atoms with E-state index in [1.165, 1.54) is 19.1 Å². The third kappa shape index (κ3) is 4.37. The second-order valence-electron chi connectivity index (χ2n) is 5.93. The molecule has 0 saturated heterocycles. The van der Waals surface area contributed by atoms with Crippen molar-refractivity contribution in [2.75, 3.05) is 0 Å². The van der Waals surface area contributed by atoms with Gasteiger partial charge in [-0.15, -0.1) is 0 Å². The molecule has 1 aliphatic rings. The Balaban J connectivity index is 2.34. The van der Waals surface area contributed by atoms with E-state index in [0.29, 0.717) is 12.0 Å². The van der Waals surface area contributed by atoms with Gasteiger partial charge in [0.2, 0.25) is 0 Å². The normalized spacial score (nSPS) is 22.0. The SMILES string of the molecule is CCC(C)OC(=O)C1C(C)=NC(=O)NC1c1ccc(C(F)(F)F)cc1. The van der Waals surface area contributed by atoms with Crippen LogP contribution in [0.3, 0.4) is 0 Å². The summed E-state index contributed by atoms with van der Waals surface area (Å²) in [7, 11) is 0. The van der Waals surface area contributed by atoms with Gasteiger partial charge in [0.1, 0.15) is 5.92 Å². The number of carbonyl (C=O) groups excluding carboxylic acids is 2. The number of nitrogens with zero attached hydrogens (tertiary/aromatic N) is 1. The van der Waals surface area contributed by atoms with Gasteiger partial charge < -0.3 is 10.1 Å². The van der Waals surface area contributed by atoms with Crippen LogP contribution < -0.4 is 5.32 Å². The molecule has 2 amide bonds. The predicted molar refractivity (Wildman–Crippen MR) is 85.2 cm³/mol. The van der Waals surface area contributed by atoms with Gasteiger partial charge in [-0.25, -0.2) is 9.79 Å². The number of alkyl halides is 3. The van der Waals surface area contributed by atoms with Gasteiger partial charge in [-0.3, -0.25) is 4.79 Å². The van der Waals surface area contributed by atoms with Crippen molar-refractivity contribution in [1.82, 2.24) is 5.32 Å². The molecular formula is C17H19F3N2O3. The lowest BCUT2D eigenvalue weighted by atomic mass is 9.88. The Hall–Kier alpha value is -2.38. The van der Waals surface area contributed by atoms with Crippen molar-refractivity contribution >= 4 is 17.7 Å². The summed E-state index contributed by atoms with van der Waals surface area (Å²) in [6, 6.07) is 2.85. The highest BCUT2D eigenvalue weighted by atomic mass is 19.4. The average molecular weight is 356 g/mol. The topological polar surface area (TPSA) is 67.8 Å². The highest BCUT2D eigenvalue weighted by Crippen LogP contribution is 2.33. The van der Waals surface area contributed by atoms with Gasteiger partial charge in [-0.2, -0.15) is 13.2 Å². The van der Waals surface area contributed by atoms with Gasteiger partial charge in [0.25, 0.3) is 0 Å². The summed E-state index contributed by atoms with van der Waals surface area (Å²) >= 11 is 0. The number of benzene rings is 1. The van der Waals surface area contributed by atoms with Crippen molar-refractivity contribution in [1.29, 1.82) is 0 Å². The second kappa shape index (κ2) is 7.25. The molecule has 1 aromatic carbocycles. The molecule has 3 unspecified atom stereocenters. The van der Waals surface area contributed by atoms with E-state index < -0.39 is 35.7 Å². The molecule has 0 aromatic heterocycles. The smallest absolute Gasteiger partial charge is 0.416 e. The first-order valence-electron chi connectivity index (χ1n) is 7.86. The Morgan fingerprint density at radius 3 is 2.44 bits per heavy atom. The summed E-state index contributed by atoms with van der Waals surface area (Å²) in [5.41, 5.74) is -0.161. The summed E-state index contributed by atoms with van der Waals surface area (Å²) in [4.78, 5) is 27.9. The molecule has 1 N–H and O–H groups in total. The van der Waals surface area contributed by atoms with Crippen LogP contribution in [0.15, 0.2) is 29.3 Å². The number of urea groups is 1. The number of halogens is 3. The molecule has 0 saturated carbocycles. The van der Waals surface area contributed by atoms with Gasteiger partial charge in [-0.1, -0.05) is 19.1 Å². The van der Waals surface area contributed by atoms with E-state index in [0.717, 1.165) is 12.1 Å². The third-order valence-electron chi connectivity index (χ3n) is 4.08. The number of hydrogen-bond donors (Lipinski definition) is 1. The molecule has 8 heteroatoms. The van der Waals surface area contributed by atoms with Crippen LogP contribution in [0.1, 0.15) is 44.4 Å². The summed E-state index contributed by atoms with van der Waals surface area (Å²) < 4.78 is 43.5. The molecule has 0 bridgehead atoms. The van der Waals surface area contributed by atoms with Crippen molar-refractivity contribution < 1.29 is 27.5 Å². The molecule has 5 nitrogen and oxygen atoms in total. The van der Waals surface area contributed by atoms with Crippen molar-refractivity contribution in [2.45, 2.75) is 45.5 Å². The highest BCUT2D eigenvalue weighted by molar-refractivity contribution is 6.08. The Kier molecular flexibility index (Phi) is 5.49. The standard InChI is InChI=1S/C17H19F3N2O3/c1-4-9(2)25-15(23)13-10(3)21-16(24)22-14(13)11-5-7-12(8-6-11)17(18,19)20/h5-9,13-14H,4H2,1-3H3,(H,22,24). The summed E-state index contributed by atoms with van der Waals surface area (Å²) in [6.45, 7) is 5.12. The van der Waals surface area contributed by atoms with Crippen LogP contribution in [0.5, 0.6) is 0 Å². The van der Waals surface area contributed by atoms with Gasteiger partial charge in [0, 0.05) is 5.71 Å². The Bertz CT molecular complexity index is 683. The summed E-state index contributed by atoms with van der Waals surface area (Å²) in [6.07, 6.45) is -4.15. The maximum atomic E-state index is 12.7. The first kappa shape index (κ1) is 19.0. The maximum Gasteiger partial charge on any atom is 0.416 e. The van der Waals surface area contributed by atoms with Crippen LogP contribution >= 0.6 is 0 Å². The van der Waals surface area contributed by atoms with Crippen molar-refractivity contribution in [2.24, 2.45) is 10.9 Å². The summed E-state index contributed by atoms with van der Waals surface area (Å²) in [5.74, 6) is -1.45. The fraction of sp³-hybridized carbons (Fsp3) is 0.471. The van der Waals surface area contributed by atoms with E-state index in [1.807, 2.05) is 6.92 Å². The van der Waals surface area contributed by atoms with Gasteiger partial charge in [-0.05, 0) is 38.0 Å². The Morgan fingerprint density at radius 1 is 1.32 bits per heavy atom. The summed E-state index contributed by atoms with van der Waals surface area (Å²) in [5, 5.41) is 2.54. The van der Waals surface area contributed by atoms with E-state index in [2.05, 4.69) is 10.3 Å². The van der Waals surface area contributed by atoms with Gasteiger partial charge in [0.15, 0.2) is 0 Å². The third-order valence-corrected chi connectivity index (χ3v) is 4.08. The van der Waals surface area contributed by atoms with E-state index >= 15 is 0 Å². The molecule has 3 atom stereocenters. The van der Waals surface area contributed by atoms with E-state index in [1.54, 1.807) is 6.92 Å². The molecule has 0 aliphatic carbocycles. The molecule has 0 spiro atoms. The number of amides is 2. The Morgan fingerprint density at radius 2 is 1.92 bits per heavy atom.